The summed E-state index contributed by atoms with van der Waals surface area (Å²) in [5.74, 6) is -0.774. The van der Waals surface area contributed by atoms with Crippen LogP contribution in [-0.4, -0.2) is 29.7 Å². The van der Waals surface area contributed by atoms with E-state index in [0.29, 0.717) is 13.0 Å². The van der Waals surface area contributed by atoms with Gasteiger partial charge in [-0.2, -0.15) is 0 Å². The van der Waals surface area contributed by atoms with Gasteiger partial charge in [0, 0.05) is 6.54 Å². The lowest BCUT2D eigenvalue weighted by Crippen LogP contribution is -2.48. The fourth-order valence-electron chi connectivity index (χ4n) is 1.25. The summed E-state index contributed by atoms with van der Waals surface area (Å²) in [6, 6.07) is -1.25. The van der Waals surface area contributed by atoms with E-state index in [1.807, 2.05) is 34.6 Å². The Hall–Kier alpha value is -1.26. The molecule has 0 aliphatic rings. The Bertz CT molecular complexity index is 269. The van der Waals surface area contributed by atoms with Crippen LogP contribution in [0.5, 0.6) is 0 Å². The molecule has 1 atom stereocenters. The van der Waals surface area contributed by atoms with Crippen LogP contribution >= 0.6 is 0 Å². The molecule has 0 aliphatic carbocycles. The molecule has 0 heterocycles. The van der Waals surface area contributed by atoms with Gasteiger partial charge in [-0.15, -0.1) is 0 Å². The summed E-state index contributed by atoms with van der Waals surface area (Å²) in [7, 11) is 0. The van der Waals surface area contributed by atoms with Crippen LogP contribution in [-0.2, 0) is 4.79 Å². The van der Waals surface area contributed by atoms with E-state index in [9.17, 15) is 9.59 Å². The van der Waals surface area contributed by atoms with Crippen molar-refractivity contribution in [3.05, 3.63) is 0 Å². The number of carbonyl (C=O) groups excluding carboxylic acids is 1. The average molecular weight is 244 g/mol. The van der Waals surface area contributed by atoms with Crippen LogP contribution < -0.4 is 10.6 Å². The fraction of sp³-hybridized carbons (Fsp3) is 0.833. The minimum absolute atomic E-state index is 0.0197. The van der Waals surface area contributed by atoms with Crippen molar-refractivity contribution in [2.75, 3.05) is 6.54 Å². The lowest BCUT2D eigenvalue weighted by molar-refractivity contribution is -0.139. The number of amides is 2. The first-order chi connectivity index (χ1) is 7.61. The standard InChI is InChI=1S/C12H24N2O3/c1-8(2)6-9(10(15)16)14-11(17)13-7-12(3,4)5/h8-9H,6-7H2,1-5H3,(H,15,16)(H2,13,14,17)/t9-/m0/s1. The summed E-state index contributed by atoms with van der Waals surface area (Å²) in [5.41, 5.74) is -0.0197. The molecule has 0 unspecified atom stereocenters. The molecule has 0 aromatic heterocycles. The molecule has 5 nitrogen and oxygen atoms in total. The van der Waals surface area contributed by atoms with Gasteiger partial charge in [-0.05, 0) is 17.8 Å². The van der Waals surface area contributed by atoms with Crippen LogP contribution in [0.1, 0.15) is 41.0 Å². The van der Waals surface area contributed by atoms with Gasteiger partial charge in [0.05, 0.1) is 0 Å². The maximum atomic E-state index is 11.5. The van der Waals surface area contributed by atoms with Gasteiger partial charge in [-0.3, -0.25) is 0 Å². The first kappa shape index (κ1) is 15.7. The number of nitrogens with one attached hydrogen (secondary N) is 2. The highest BCUT2D eigenvalue weighted by molar-refractivity contribution is 5.82. The smallest absolute Gasteiger partial charge is 0.326 e. The van der Waals surface area contributed by atoms with Gasteiger partial charge in [0.2, 0.25) is 0 Å². The molecule has 2 amide bonds. The largest absolute Gasteiger partial charge is 0.480 e. The molecule has 0 radical (unpaired) electrons. The van der Waals surface area contributed by atoms with Crippen molar-refractivity contribution < 1.29 is 14.7 Å². The van der Waals surface area contributed by atoms with Crippen molar-refractivity contribution in [3.63, 3.8) is 0 Å². The molecule has 100 valence electrons. The molecule has 0 aromatic rings. The minimum Gasteiger partial charge on any atom is -0.480 e. The van der Waals surface area contributed by atoms with Crippen molar-refractivity contribution in [1.82, 2.24) is 10.6 Å². The van der Waals surface area contributed by atoms with Gasteiger partial charge in [-0.25, -0.2) is 9.59 Å². The summed E-state index contributed by atoms with van der Waals surface area (Å²) in [4.78, 5) is 22.4. The molecule has 0 saturated heterocycles. The number of aliphatic carboxylic acids is 1. The van der Waals surface area contributed by atoms with Gasteiger partial charge in [0.1, 0.15) is 6.04 Å². The molecule has 0 saturated carbocycles. The summed E-state index contributed by atoms with van der Waals surface area (Å²) >= 11 is 0. The molecule has 0 spiro atoms. The molecule has 0 aliphatic heterocycles. The van der Waals surface area contributed by atoms with Gasteiger partial charge in [0.15, 0.2) is 0 Å². The highest BCUT2D eigenvalue weighted by Crippen LogP contribution is 2.10. The van der Waals surface area contributed by atoms with E-state index in [2.05, 4.69) is 10.6 Å². The van der Waals surface area contributed by atoms with Gasteiger partial charge in [-0.1, -0.05) is 34.6 Å². The monoisotopic (exact) mass is 244 g/mol. The second-order valence-electron chi connectivity index (χ2n) is 5.91. The summed E-state index contributed by atoms with van der Waals surface area (Å²) < 4.78 is 0. The van der Waals surface area contributed by atoms with Crippen LogP contribution in [0, 0.1) is 11.3 Å². The molecular formula is C12H24N2O3. The third-order valence-electron chi connectivity index (χ3n) is 2.09. The Morgan fingerprint density at radius 1 is 1.24 bits per heavy atom. The highest BCUT2D eigenvalue weighted by Gasteiger charge is 2.21. The first-order valence-electron chi connectivity index (χ1n) is 5.89. The Labute approximate surface area is 103 Å². The Kier molecular flexibility index (Phi) is 5.99. The van der Waals surface area contributed by atoms with E-state index in [1.54, 1.807) is 0 Å². The maximum Gasteiger partial charge on any atom is 0.326 e. The molecule has 0 fully saturated rings. The lowest BCUT2D eigenvalue weighted by Gasteiger charge is -2.21. The zero-order chi connectivity index (χ0) is 13.6. The molecule has 0 bridgehead atoms. The molecule has 0 rings (SSSR count). The quantitative estimate of drug-likeness (QED) is 0.690. The second-order valence-corrected chi connectivity index (χ2v) is 5.91. The first-order valence-corrected chi connectivity index (χ1v) is 5.89. The van der Waals surface area contributed by atoms with Gasteiger partial charge >= 0.3 is 12.0 Å². The zero-order valence-electron chi connectivity index (χ0n) is 11.3. The normalized spacial score (nSPS) is 13.3. The summed E-state index contributed by atoms with van der Waals surface area (Å²) in [5, 5.41) is 14.1. The minimum atomic E-state index is -0.996. The third kappa shape index (κ3) is 8.54. The number of hydrogen-bond donors (Lipinski definition) is 3. The van der Waals surface area contributed by atoms with Crippen molar-refractivity contribution in [2.45, 2.75) is 47.1 Å². The molecule has 0 aromatic carbocycles. The van der Waals surface area contributed by atoms with E-state index < -0.39 is 18.0 Å². The van der Waals surface area contributed by atoms with E-state index >= 15 is 0 Å². The predicted molar refractivity (Wildman–Crippen MR) is 66.9 cm³/mol. The number of carbonyl (C=O) groups is 2. The molecule has 17 heavy (non-hydrogen) atoms. The molecule has 5 heteroatoms. The Morgan fingerprint density at radius 3 is 2.12 bits per heavy atom. The second kappa shape index (κ2) is 6.47. The highest BCUT2D eigenvalue weighted by atomic mass is 16.4. The lowest BCUT2D eigenvalue weighted by atomic mass is 9.97. The van der Waals surface area contributed by atoms with Gasteiger partial charge < -0.3 is 15.7 Å². The van der Waals surface area contributed by atoms with E-state index in [0.717, 1.165) is 0 Å². The third-order valence-corrected chi connectivity index (χ3v) is 2.09. The van der Waals surface area contributed by atoms with Crippen molar-refractivity contribution in [2.24, 2.45) is 11.3 Å². The number of rotatable bonds is 5. The molecular weight excluding hydrogens is 220 g/mol. The number of hydrogen-bond acceptors (Lipinski definition) is 2. The molecule has 3 N–H and O–H groups in total. The van der Waals surface area contributed by atoms with E-state index in [1.165, 1.54) is 0 Å². The summed E-state index contributed by atoms with van der Waals surface area (Å²) in [6.45, 7) is 10.3. The Balaban J connectivity index is 4.18. The van der Waals surface area contributed by atoms with Crippen molar-refractivity contribution in [3.8, 4) is 0 Å². The number of urea groups is 1. The predicted octanol–water partition coefficient (Wildman–Crippen LogP) is 1.83. The fourth-order valence-corrected chi connectivity index (χ4v) is 1.25. The van der Waals surface area contributed by atoms with Crippen molar-refractivity contribution in [1.29, 1.82) is 0 Å². The average Bonchev–Trinajstić information content (AvgIpc) is 2.11. The van der Waals surface area contributed by atoms with E-state index in [-0.39, 0.29) is 11.3 Å². The van der Waals surface area contributed by atoms with Crippen LogP contribution in [0.3, 0.4) is 0 Å². The van der Waals surface area contributed by atoms with Crippen LogP contribution in [0.2, 0.25) is 0 Å². The van der Waals surface area contributed by atoms with E-state index in [4.69, 9.17) is 5.11 Å². The number of carboxylic acid groups (broad SMARTS) is 1. The maximum absolute atomic E-state index is 11.5. The Morgan fingerprint density at radius 2 is 1.76 bits per heavy atom. The number of carboxylic acids is 1. The topological polar surface area (TPSA) is 78.4 Å². The van der Waals surface area contributed by atoms with Crippen LogP contribution in [0.15, 0.2) is 0 Å². The van der Waals surface area contributed by atoms with Crippen LogP contribution in [0.25, 0.3) is 0 Å². The van der Waals surface area contributed by atoms with Gasteiger partial charge in [0.25, 0.3) is 0 Å². The van der Waals surface area contributed by atoms with Crippen LogP contribution in [0.4, 0.5) is 4.79 Å². The van der Waals surface area contributed by atoms with Crippen molar-refractivity contribution >= 4 is 12.0 Å². The summed E-state index contributed by atoms with van der Waals surface area (Å²) in [6.07, 6.45) is 0.429. The SMILES string of the molecule is CC(C)C[C@H](NC(=O)NCC(C)(C)C)C(=O)O. The zero-order valence-corrected chi connectivity index (χ0v) is 11.3.